The molecule has 2 aliphatic rings. The van der Waals surface area contributed by atoms with Gasteiger partial charge in [0.25, 0.3) is 0 Å². The van der Waals surface area contributed by atoms with Crippen molar-refractivity contribution in [1.82, 2.24) is 25.1 Å². The zero-order chi connectivity index (χ0) is 36.5. The number of ether oxygens (including phenoxy) is 3. The molecule has 0 aliphatic carbocycles. The number of nitrogens with two attached hydrogens (primary N) is 1. The molecule has 2 aliphatic heterocycles. The summed E-state index contributed by atoms with van der Waals surface area (Å²) in [6, 6.07) is 14.8. The number of anilines is 2. The number of benzene rings is 2. The highest BCUT2D eigenvalue weighted by Crippen LogP contribution is 2.43. The molecule has 2 aromatic heterocycles. The van der Waals surface area contributed by atoms with Gasteiger partial charge in [-0.1, -0.05) is 24.3 Å². The first-order valence-corrected chi connectivity index (χ1v) is 17.2. The van der Waals surface area contributed by atoms with Crippen LogP contribution in [-0.2, 0) is 9.53 Å². The van der Waals surface area contributed by atoms with Crippen LogP contribution in [-0.4, -0.2) is 69.8 Å². The van der Waals surface area contributed by atoms with Crippen molar-refractivity contribution in [2.75, 3.05) is 30.3 Å². The normalized spacial score (nSPS) is 18.0. The standard InChI is InChI=1S/C37H44F3N7O4/c1-22(2)49-27-9-6-25(7-10-27)26-8-11-28(30(18-26)47-15-12-24(5)45-47)33(37(38,39)40)51-32-19-31(43-35(41)44-32)46-16-13-36(14-17-46)20-29(42-21-36)34(48)50-23(3)4/h6-12,15,18-19,22-23,29,33,42H,13-14,16-17,20-21H2,1-5H3,(H2,41,43,44)/t29-,33?/m0/s1. The largest absolute Gasteiger partial charge is 0.491 e. The van der Waals surface area contributed by atoms with Crippen LogP contribution >= 0.6 is 0 Å². The Labute approximate surface area is 295 Å². The van der Waals surface area contributed by atoms with E-state index in [1.165, 1.54) is 16.8 Å². The average molecular weight is 708 g/mol. The molecule has 0 amide bonds. The van der Waals surface area contributed by atoms with Gasteiger partial charge in [-0.25, -0.2) is 4.68 Å². The van der Waals surface area contributed by atoms with Gasteiger partial charge in [0.05, 0.1) is 23.6 Å². The third kappa shape index (κ3) is 8.38. The number of carbonyl (C=O) groups is 1. The quantitative estimate of drug-likeness (QED) is 0.174. The third-order valence-corrected chi connectivity index (χ3v) is 9.23. The van der Waals surface area contributed by atoms with Gasteiger partial charge >= 0.3 is 12.1 Å². The van der Waals surface area contributed by atoms with Crippen LogP contribution < -0.4 is 25.4 Å². The lowest BCUT2D eigenvalue weighted by atomic mass is 9.76. The molecule has 1 unspecified atom stereocenters. The van der Waals surface area contributed by atoms with Crippen molar-refractivity contribution < 1.29 is 32.2 Å². The summed E-state index contributed by atoms with van der Waals surface area (Å²) in [4.78, 5) is 22.9. The Bertz CT molecular complexity index is 1840. The Kier molecular flexibility index (Phi) is 10.2. The predicted octanol–water partition coefficient (Wildman–Crippen LogP) is 6.59. The van der Waals surface area contributed by atoms with Crippen molar-refractivity contribution in [2.24, 2.45) is 5.41 Å². The first-order valence-electron chi connectivity index (χ1n) is 17.2. The number of rotatable bonds is 10. The number of nitrogen functional groups attached to an aromatic ring is 1. The van der Waals surface area contributed by atoms with E-state index in [2.05, 4.69) is 20.4 Å². The summed E-state index contributed by atoms with van der Waals surface area (Å²) in [7, 11) is 0. The van der Waals surface area contributed by atoms with Crippen molar-refractivity contribution in [1.29, 1.82) is 0 Å². The maximum absolute atomic E-state index is 15.0. The highest BCUT2D eigenvalue weighted by atomic mass is 19.4. The first-order chi connectivity index (χ1) is 24.2. The second kappa shape index (κ2) is 14.4. The number of alkyl halides is 3. The fourth-order valence-corrected chi connectivity index (χ4v) is 6.76. The van der Waals surface area contributed by atoms with Gasteiger partial charge in [0.1, 0.15) is 17.6 Å². The van der Waals surface area contributed by atoms with Crippen molar-refractivity contribution in [3.05, 3.63) is 72.1 Å². The minimum absolute atomic E-state index is 0.00297. The lowest BCUT2D eigenvalue weighted by Gasteiger charge is -2.39. The second-order valence-corrected chi connectivity index (χ2v) is 13.9. The van der Waals surface area contributed by atoms with Crippen molar-refractivity contribution in [2.45, 2.75) is 84.4 Å². The van der Waals surface area contributed by atoms with Gasteiger partial charge in [-0.15, -0.1) is 0 Å². The van der Waals surface area contributed by atoms with Crippen molar-refractivity contribution in [3.63, 3.8) is 0 Å². The zero-order valence-electron chi connectivity index (χ0n) is 29.4. The lowest BCUT2D eigenvalue weighted by Crippen LogP contribution is -2.41. The minimum atomic E-state index is -4.82. The minimum Gasteiger partial charge on any atom is -0.491 e. The van der Waals surface area contributed by atoms with Gasteiger partial charge in [0, 0.05) is 37.5 Å². The molecule has 0 radical (unpaired) electrons. The number of nitrogens with one attached hydrogen (secondary N) is 1. The summed E-state index contributed by atoms with van der Waals surface area (Å²) in [6.07, 6.45) is -3.63. The van der Waals surface area contributed by atoms with Gasteiger partial charge in [0.15, 0.2) is 0 Å². The van der Waals surface area contributed by atoms with Crippen LogP contribution in [0.3, 0.4) is 0 Å². The molecule has 6 rings (SSSR count). The van der Waals surface area contributed by atoms with Crippen LogP contribution in [0.2, 0.25) is 0 Å². The molecule has 4 heterocycles. The molecular weight excluding hydrogens is 663 g/mol. The summed E-state index contributed by atoms with van der Waals surface area (Å²) in [6.45, 7) is 11.1. The molecule has 2 aromatic carbocycles. The fraction of sp³-hybridized carbons (Fsp3) is 0.459. The van der Waals surface area contributed by atoms with E-state index >= 15 is 0 Å². The number of aryl methyl sites for hydroxylation is 1. The topological polar surface area (TPSA) is 130 Å². The number of esters is 1. The number of piperidine rings is 1. The highest BCUT2D eigenvalue weighted by Gasteiger charge is 2.46. The lowest BCUT2D eigenvalue weighted by molar-refractivity contribution is -0.198. The molecule has 3 N–H and O–H groups in total. The summed E-state index contributed by atoms with van der Waals surface area (Å²) >= 11 is 0. The number of aromatic nitrogens is 4. The summed E-state index contributed by atoms with van der Waals surface area (Å²) in [5, 5.41) is 7.74. The molecule has 0 bridgehead atoms. The molecule has 0 saturated carbocycles. The van der Waals surface area contributed by atoms with Crippen LogP contribution in [0.4, 0.5) is 24.9 Å². The van der Waals surface area contributed by atoms with E-state index in [1.54, 1.807) is 31.3 Å². The molecule has 1 spiro atoms. The molecule has 51 heavy (non-hydrogen) atoms. The summed E-state index contributed by atoms with van der Waals surface area (Å²) < 4.78 is 63.1. The van der Waals surface area contributed by atoms with Crippen LogP contribution in [0.5, 0.6) is 11.6 Å². The highest BCUT2D eigenvalue weighted by molar-refractivity contribution is 5.76. The van der Waals surface area contributed by atoms with Crippen molar-refractivity contribution >= 4 is 17.7 Å². The van der Waals surface area contributed by atoms with Gasteiger partial charge in [-0.2, -0.15) is 28.2 Å². The van der Waals surface area contributed by atoms with E-state index in [0.29, 0.717) is 48.9 Å². The van der Waals surface area contributed by atoms with Crippen LogP contribution in [0, 0.1) is 12.3 Å². The molecule has 2 saturated heterocycles. The number of halogens is 3. The monoisotopic (exact) mass is 707 g/mol. The molecule has 2 fully saturated rings. The number of nitrogens with zero attached hydrogens (tertiary/aromatic N) is 5. The molecule has 4 aromatic rings. The first kappa shape index (κ1) is 36.0. The van der Waals surface area contributed by atoms with Crippen molar-refractivity contribution in [3.8, 4) is 28.4 Å². The Morgan fingerprint density at radius 3 is 2.29 bits per heavy atom. The van der Waals surface area contributed by atoms with Gasteiger partial charge in [0.2, 0.25) is 17.9 Å². The smallest absolute Gasteiger partial charge is 0.429 e. The Morgan fingerprint density at radius 1 is 0.961 bits per heavy atom. The second-order valence-electron chi connectivity index (χ2n) is 13.9. The molecular formula is C37H44F3N7O4. The summed E-state index contributed by atoms with van der Waals surface area (Å²) in [5.41, 5.74) is 8.14. The van der Waals surface area contributed by atoms with E-state index in [4.69, 9.17) is 19.9 Å². The van der Waals surface area contributed by atoms with Crippen LogP contribution in [0.25, 0.3) is 16.8 Å². The Hall–Kier alpha value is -4.85. The van der Waals surface area contributed by atoms with Gasteiger partial charge < -0.3 is 30.2 Å². The molecule has 11 nitrogen and oxygen atoms in total. The number of carbonyl (C=O) groups excluding carboxylic acids is 1. The van der Waals surface area contributed by atoms with Crippen LogP contribution in [0.15, 0.2) is 60.8 Å². The third-order valence-electron chi connectivity index (χ3n) is 9.23. The Morgan fingerprint density at radius 2 is 1.67 bits per heavy atom. The average Bonchev–Trinajstić information content (AvgIpc) is 3.69. The number of hydrogen-bond acceptors (Lipinski definition) is 10. The van der Waals surface area contributed by atoms with Gasteiger partial charge in [-0.05, 0) is 94.7 Å². The van der Waals surface area contributed by atoms with Gasteiger partial charge in [-0.3, -0.25) is 4.79 Å². The van der Waals surface area contributed by atoms with E-state index in [9.17, 15) is 18.0 Å². The molecule has 2 atom stereocenters. The van der Waals surface area contributed by atoms with Crippen LogP contribution in [0.1, 0.15) is 64.3 Å². The van der Waals surface area contributed by atoms with E-state index in [-0.39, 0.29) is 52.7 Å². The van der Waals surface area contributed by atoms with E-state index in [1.807, 2.05) is 56.9 Å². The Balaban J connectivity index is 1.25. The fourth-order valence-electron chi connectivity index (χ4n) is 6.76. The van der Waals surface area contributed by atoms with E-state index in [0.717, 1.165) is 18.4 Å². The maximum atomic E-state index is 15.0. The predicted molar refractivity (Wildman–Crippen MR) is 187 cm³/mol. The zero-order valence-corrected chi connectivity index (χ0v) is 29.4. The number of hydrogen-bond donors (Lipinski definition) is 2. The SMILES string of the molecule is Cc1ccn(-c2cc(-c3ccc(OC(C)C)cc3)ccc2C(Oc2cc(N3CCC4(CC3)CN[C@H](C(=O)OC(C)C)C4)nc(N)n2)C(F)(F)F)n1. The molecule has 14 heteroatoms. The van der Waals surface area contributed by atoms with E-state index < -0.39 is 12.3 Å². The molecule has 272 valence electrons. The maximum Gasteiger partial charge on any atom is 0.429 e. The summed E-state index contributed by atoms with van der Waals surface area (Å²) in [5.74, 6) is 0.315.